The Labute approximate surface area is 160 Å². The topological polar surface area (TPSA) is 118 Å². The van der Waals surface area contributed by atoms with Crippen molar-refractivity contribution in [2.24, 2.45) is 0 Å². The summed E-state index contributed by atoms with van der Waals surface area (Å²) in [6, 6.07) is 3.49. The molecule has 2 atom stereocenters. The lowest BCUT2D eigenvalue weighted by molar-refractivity contribution is -0.131. The number of carbonyl (C=O) groups excluding carboxylic acids is 2. The van der Waals surface area contributed by atoms with Gasteiger partial charge in [0.05, 0.1) is 18.7 Å². The molecule has 27 heavy (non-hydrogen) atoms. The van der Waals surface area contributed by atoms with E-state index in [1.807, 2.05) is 20.8 Å². The number of hydrogen-bond acceptors (Lipinski definition) is 6. The van der Waals surface area contributed by atoms with Crippen molar-refractivity contribution in [2.45, 2.75) is 89.1 Å². The standard InChI is InChI=1S/C19H29N5O3/c1-19(2,3)27-18(26)23-14-6-4-13(5-7-14)22-12-17(25)24-15(10-20)8-9-16(24)11-21/h13-16,22H,4-9,12H2,1-3H3,(H,23,26)/t13?,14?,15-,16+. The van der Waals surface area contributed by atoms with Crippen molar-refractivity contribution in [1.29, 1.82) is 10.5 Å². The predicted molar refractivity (Wildman–Crippen MR) is 98.3 cm³/mol. The normalized spacial score (nSPS) is 28.1. The van der Waals surface area contributed by atoms with Crippen LogP contribution in [0.4, 0.5) is 4.79 Å². The van der Waals surface area contributed by atoms with Gasteiger partial charge < -0.3 is 20.3 Å². The number of nitrogens with one attached hydrogen (secondary N) is 2. The first kappa shape index (κ1) is 21.0. The van der Waals surface area contributed by atoms with Gasteiger partial charge >= 0.3 is 6.09 Å². The van der Waals surface area contributed by atoms with Gasteiger partial charge in [-0.25, -0.2) is 4.79 Å². The highest BCUT2D eigenvalue weighted by Gasteiger charge is 2.37. The van der Waals surface area contributed by atoms with Crippen LogP contribution in [0.25, 0.3) is 0 Å². The molecule has 0 aromatic rings. The van der Waals surface area contributed by atoms with Crippen LogP contribution in [0.3, 0.4) is 0 Å². The first-order valence-corrected chi connectivity index (χ1v) is 9.57. The SMILES string of the molecule is CC(C)(C)OC(=O)NC1CCC(NCC(=O)N2[C@H](C#N)CC[C@@H]2C#N)CC1. The van der Waals surface area contributed by atoms with Crippen molar-refractivity contribution in [3.63, 3.8) is 0 Å². The van der Waals surface area contributed by atoms with Crippen LogP contribution in [-0.4, -0.2) is 53.2 Å². The molecule has 0 radical (unpaired) electrons. The van der Waals surface area contributed by atoms with Gasteiger partial charge in [-0.1, -0.05) is 0 Å². The monoisotopic (exact) mass is 375 g/mol. The minimum Gasteiger partial charge on any atom is -0.444 e. The van der Waals surface area contributed by atoms with Gasteiger partial charge in [0.1, 0.15) is 17.7 Å². The minimum absolute atomic E-state index is 0.0816. The Bertz CT molecular complexity index is 601. The summed E-state index contributed by atoms with van der Waals surface area (Å²) in [7, 11) is 0. The second-order valence-electron chi connectivity index (χ2n) is 8.24. The maximum Gasteiger partial charge on any atom is 0.407 e. The van der Waals surface area contributed by atoms with E-state index in [0.29, 0.717) is 12.8 Å². The van der Waals surface area contributed by atoms with Crippen molar-refractivity contribution < 1.29 is 14.3 Å². The summed E-state index contributed by atoms with van der Waals surface area (Å²) >= 11 is 0. The van der Waals surface area contributed by atoms with Crippen LogP contribution in [0.2, 0.25) is 0 Å². The van der Waals surface area contributed by atoms with E-state index in [1.165, 1.54) is 4.90 Å². The van der Waals surface area contributed by atoms with E-state index in [9.17, 15) is 9.59 Å². The number of hydrogen-bond donors (Lipinski definition) is 2. The van der Waals surface area contributed by atoms with Crippen LogP contribution in [0.1, 0.15) is 59.3 Å². The molecule has 0 unspecified atom stereocenters. The summed E-state index contributed by atoms with van der Waals surface area (Å²) < 4.78 is 5.28. The highest BCUT2D eigenvalue weighted by Crippen LogP contribution is 2.24. The number of alkyl carbamates (subject to hydrolysis) is 1. The van der Waals surface area contributed by atoms with E-state index in [4.69, 9.17) is 15.3 Å². The van der Waals surface area contributed by atoms with E-state index in [1.54, 1.807) is 0 Å². The number of nitriles is 2. The molecule has 0 aromatic heterocycles. The van der Waals surface area contributed by atoms with Gasteiger partial charge in [0, 0.05) is 12.1 Å². The van der Waals surface area contributed by atoms with Gasteiger partial charge in [-0.05, 0) is 59.3 Å². The van der Waals surface area contributed by atoms with Crippen LogP contribution in [-0.2, 0) is 9.53 Å². The summed E-state index contributed by atoms with van der Waals surface area (Å²) in [6.07, 6.45) is 4.04. The van der Waals surface area contributed by atoms with Crippen molar-refractivity contribution in [3.05, 3.63) is 0 Å². The lowest BCUT2D eigenvalue weighted by atomic mass is 9.91. The third-order valence-corrected chi connectivity index (χ3v) is 4.96. The van der Waals surface area contributed by atoms with Crippen molar-refractivity contribution >= 4 is 12.0 Å². The average molecular weight is 375 g/mol. The molecule has 1 saturated heterocycles. The molecule has 2 amide bonds. The van der Waals surface area contributed by atoms with Crippen molar-refractivity contribution in [2.75, 3.05) is 6.54 Å². The van der Waals surface area contributed by atoms with Gasteiger partial charge in [-0.2, -0.15) is 10.5 Å². The zero-order valence-corrected chi connectivity index (χ0v) is 16.3. The van der Waals surface area contributed by atoms with Crippen LogP contribution in [0.15, 0.2) is 0 Å². The van der Waals surface area contributed by atoms with Crippen LogP contribution in [0, 0.1) is 22.7 Å². The Morgan fingerprint density at radius 3 is 2.00 bits per heavy atom. The molecule has 0 spiro atoms. The Morgan fingerprint density at radius 2 is 1.52 bits per heavy atom. The summed E-state index contributed by atoms with van der Waals surface area (Å²) in [5.74, 6) is -0.195. The smallest absolute Gasteiger partial charge is 0.407 e. The van der Waals surface area contributed by atoms with E-state index in [2.05, 4.69) is 22.8 Å². The van der Waals surface area contributed by atoms with E-state index < -0.39 is 23.8 Å². The molecule has 2 rings (SSSR count). The Balaban J connectivity index is 1.73. The Kier molecular flexibility index (Phi) is 7.04. The largest absolute Gasteiger partial charge is 0.444 e. The summed E-state index contributed by atoms with van der Waals surface area (Å²) in [6.45, 7) is 5.63. The molecule has 8 heteroatoms. The van der Waals surface area contributed by atoms with Crippen molar-refractivity contribution in [3.8, 4) is 12.1 Å². The fourth-order valence-electron chi connectivity index (χ4n) is 3.65. The molecule has 148 valence electrons. The number of carbonyl (C=O) groups is 2. The fourth-order valence-corrected chi connectivity index (χ4v) is 3.65. The van der Waals surface area contributed by atoms with Crippen LogP contribution in [0.5, 0.6) is 0 Å². The third kappa shape index (κ3) is 6.11. The molecular formula is C19H29N5O3. The molecule has 2 aliphatic rings. The quantitative estimate of drug-likeness (QED) is 0.774. The highest BCUT2D eigenvalue weighted by atomic mass is 16.6. The maximum absolute atomic E-state index is 12.5. The summed E-state index contributed by atoms with van der Waals surface area (Å²) in [4.78, 5) is 25.7. The minimum atomic E-state index is -0.513. The zero-order chi connectivity index (χ0) is 20.0. The fraction of sp³-hybridized carbons (Fsp3) is 0.789. The van der Waals surface area contributed by atoms with Crippen LogP contribution < -0.4 is 10.6 Å². The molecule has 0 bridgehead atoms. The molecule has 2 N–H and O–H groups in total. The molecule has 1 heterocycles. The second kappa shape index (κ2) is 9.05. The van der Waals surface area contributed by atoms with Crippen molar-refractivity contribution in [1.82, 2.24) is 15.5 Å². The maximum atomic E-state index is 12.5. The molecule has 1 aliphatic carbocycles. The first-order valence-electron chi connectivity index (χ1n) is 9.57. The first-order chi connectivity index (χ1) is 12.7. The number of amides is 2. The number of rotatable bonds is 4. The summed E-state index contributed by atoms with van der Waals surface area (Å²) in [5.41, 5.74) is -0.513. The van der Waals surface area contributed by atoms with Gasteiger partial charge in [0.25, 0.3) is 0 Å². The van der Waals surface area contributed by atoms with Gasteiger partial charge in [-0.3, -0.25) is 4.79 Å². The molecule has 0 aromatic carbocycles. The van der Waals surface area contributed by atoms with E-state index >= 15 is 0 Å². The van der Waals surface area contributed by atoms with Gasteiger partial charge in [0.15, 0.2) is 0 Å². The zero-order valence-electron chi connectivity index (χ0n) is 16.3. The lowest BCUT2D eigenvalue weighted by Gasteiger charge is -2.31. The molecule has 2 fully saturated rings. The second-order valence-corrected chi connectivity index (χ2v) is 8.24. The number of nitrogens with zero attached hydrogens (tertiary/aromatic N) is 3. The van der Waals surface area contributed by atoms with Crippen LogP contribution >= 0.6 is 0 Å². The Hall–Kier alpha value is -2.32. The average Bonchev–Trinajstić information content (AvgIpc) is 3.02. The van der Waals surface area contributed by atoms with Gasteiger partial charge in [0.2, 0.25) is 5.91 Å². The van der Waals surface area contributed by atoms with E-state index in [-0.39, 0.29) is 24.5 Å². The van der Waals surface area contributed by atoms with E-state index in [0.717, 1.165) is 25.7 Å². The number of likely N-dealkylation sites (tertiary alicyclic amines) is 1. The third-order valence-electron chi connectivity index (χ3n) is 4.96. The summed E-state index contributed by atoms with van der Waals surface area (Å²) in [5, 5.41) is 24.5. The molecular weight excluding hydrogens is 346 g/mol. The lowest BCUT2D eigenvalue weighted by Crippen LogP contribution is -2.48. The predicted octanol–water partition coefficient (Wildman–Crippen LogP) is 1.82. The molecule has 8 nitrogen and oxygen atoms in total. The molecule has 1 saturated carbocycles. The molecule has 1 aliphatic heterocycles. The highest BCUT2D eigenvalue weighted by molar-refractivity contribution is 5.80. The Morgan fingerprint density at radius 1 is 1.00 bits per heavy atom. The van der Waals surface area contributed by atoms with Gasteiger partial charge in [-0.15, -0.1) is 0 Å². The number of ether oxygens (including phenoxy) is 1.